The highest BCUT2D eigenvalue weighted by Gasteiger charge is 2.06. The predicted octanol–water partition coefficient (Wildman–Crippen LogP) is 4.72. The summed E-state index contributed by atoms with van der Waals surface area (Å²) in [6.45, 7) is 0.562. The summed E-state index contributed by atoms with van der Waals surface area (Å²) in [5, 5.41) is 4.16. The van der Waals surface area contributed by atoms with Crippen LogP contribution in [0.2, 0.25) is 10.0 Å². The van der Waals surface area contributed by atoms with Crippen LogP contribution in [0.5, 0.6) is 0 Å². The Bertz CT molecular complexity index is 644. The molecule has 2 aromatic rings. The number of benzene rings is 2. The number of thioether (sulfide) groups is 1. The molecule has 2 nitrogen and oxygen atoms in total. The van der Waals surface area contributed by atoms with Crippen LogP contribution in [0.4, 0.5) is 4.39 Å². The van der Waals surface area contributed by atoms with Gasteiger partial charge in [0, 0.05) is 28.1 Å². The van der Waals surface area contributed by atoms with Gasteiger partial charge in [0.25, 0.3) is 0 Å². The summed E-state index contributed by atoms with van der Waals surface area (Å²) in [6.07, 6.45) is 0.251. The highest BCUT2D eigenvalue weighted by molar-refractivity contribution is 7.98. The van der Waals surface area contributed by atoms with Crippen LogP contribution in [0, 0.1) is 5.82 Å². The lowest BCUT2D eigenvalue weighted by Gasteiger charge is -2.08. The van der Waals surface area contributed by atoms with Crippen LogP contribution in [0.3, 0.4) is 0 Å². The molecule has 0 unspecified atom stereocenters. The monoisotopic (exact) mass is 371 g/mol. The molecule has 0 radical (unpaired) electrons. The Morgan fingerprint density at radius 2 is 1.74 bits per heavy atom. The summed E-state index contributed by atoms with van der Waals surface area (Å²) in [5.41, 5.74) is 1.71. The van der Waals surface area contributed by atoms with Crippen molar-refractivity contribution in [3.8, 4) is 0 Å². The lowest BCUT2D eigenvalue weighted by Crippen LogP contribution is -2.27. The average molecular weight is 372 g/mol. The number of nitrogens with one attached hydrogen (secondary N) is 1. The van der Waals surface area contributed by atoms with Gasteiger partial charge in [-0.2, -0.15) is 11.8 Å². The summed E-state index contributed by atoms with van der Waals surface area (Å²) in [6, 6.07) is 11.4. The normalized spacial score (nSPS) is 10.6. The fourth-order valence-corrected chi connectivity index (χ4v) is 3.55. The van der Waals surface area contributed by atoms with Crippen molar-refractivity contribution in [2.24, 2.45) is 0 Å². The van der Waals surface area contributed by atoms with Gasteiger partial charge in [-0.3, -0.25) is 4.79 Å². The molecule has 0 spiro atoms. The van der Waals surface area contributed by atoms with E-state index < -0.39 is 0 Å². The Morgan fingerprint density at radius 3 is 2.39 bits per heavy atom. The summed E-state index contributed by atoms with van der Waals surface area (Å²) in [7, 11) is 0. The first-order valence-electron chi connectivity index (χ1n) is 7.08. The fourth-order valence-electron chi connectivity index (χ4n) is 1.96. The van der Waals surface area contributed by atoms with E-state index in [9.17, 15) is 9.18 Å². The number of rotatable bonds is 7. The van der Waals surface area contributed by atoms with Crippen LogP contribution in [0.25, 0.3) is 0 Å². The van der Waals surface area contributed by atoms with E-state index in [4.69, 9.17) is 23.2 Å². The van der Waals surface area contributed by atoms with Crippen molar-refractivity contribution in [2.45, 2.75) is 12.2 Å². The molecule has 6 heteroatoms. The van der Waals surface area contributed by atoms with Gasteiger partial charge in [0.15, 0.2) is 0 Å². The van der Waals surface area contributed by atoms with Gasteiger partial charge in [-0.1, -0.05) is 41.4 Å². The molecule has 0 fully saturated rings. The van der Waals surface area contributed by atoms with Crippen molar-refractivity contribution in [3.05, 3.63) is 69.5 Å². The van der Waals surface area contributed by atoms with E-state index in [1.54, 1.807) is 23.9 Å². The van der Waals surface area contributed by atoms with E-state index in [2.05, 4.69) is 5.32 Å². The van der Waals surface area contributed by atoms with Gasteiger partial charge in [-0.25, -0.2) is 4.39 Å². The molecule has 2 rings (SSSR count). The topological polar surface area (TPSA) is 29.1 Å². The van der Waals surface area contributed by atoms with Crippen molar-refractivity contribution in [2.75, 3.05) is 12.3 Å². The maximum Gasteiger partial charge on any atom is 0.224 e. The van der Waals surface area contributed by atoms with E-state index >= 15 is 0 Å². The first-order chi connectivity index (χ1) is 11.1. The molecule has 0 saturated heterocycles. The van der Waals surface area contributed by atoms with E-state index in [0.29, 0.717) is 22.3 Å². The highest BCUT2D eigenvalue weighted by atomic mass is 35.5. The van der Waals surface area contributed by atoms with Crippen molar-refractivity contribution >= 4 is 40.9 Å². The minimum absolute atomic E-state index is 0.0759. The molecule has 0 aliphatic heterocycles. The summed E-state index contributed by atoms with van der Waals surface area (Å²) in [5.74, 6) is 1.08. The van der Waals surface area contributed by atoms with Crippen molar-refractivity contribution in [3.63, 3.8) is 0 Å². The van der Waals surface area contributed by atoms with E-state index in [0.717, 1.165) is 16.9 Å². The molecule has 2 aromatic carbocycles. The van der Waals surface area contributed by atoms with Gasteiger partial charge in [-0.05, 0) is 35.4 Å². The third-order valence-electron chi connectivity index (χ3n) is 3.15. The Kier molecular flexibility index (Phi) is 7.21. The predicted molar refractivity (Wildman–Crippen MR) is 95.7 cm³/mol. The van der Waals surface area contributed by atoms with Crippen LogP contribution in [-0.2, 0) is 17.0 Å². The number of halogens is 3. The van der Waals surface area contributed by atoms with E-state index in [1.807, 2.05) is 18.2 Å². The molecular formula is C17H16Cl2FNOS. The smallest absolute Gasteiger partial charge is 0.224 e. The molecule has 0 aliphatic carbocycles. The van der Waals surface area contributed by atoms with Crippen LogP contribution >= 0.6 is 35.0 Å². The zero-order chi connectivity index (χ0) is 16.7. The SMILES string of the molecule is O=C(Cc1ccc(F)cc1)NCCSCc1c(Cl)cccc1Cl. The Morgan fingerprint density at radius 1 is 1.09 bits per heavy atom. The molecule has 122 valence electrons. The first kappa shape index (κ1) is 18.1. The van der Waals surface area contributed by atoms with Crippen molar-refractivity contribution < 1.29 is 9.18 Å². The largest absolute Gasteiger partial charge is 0.355 e. The summed E-state index contributed by atoms with van der Waals surface area (Å²) < 4.78 is 12.8. The average Bonchev–Trinajstić information content (AvgIpc) is 2.52. The molecule has 1 amide bonds. The van der Waals surface area contributed by atoms with Crippen molar-refractivity contribution in [1.82, 2.24) is 5.32 Å². The second-order valence-electron chi connectivity index (χ2n) is 4.91. The Hall–Kier alpha value is -1.23. The molecule has 0 aromatic heterocycles. The molecular weight excluding hydrogens is 356 g/mol. The molecule has 0 heterocycles. The maximum atomic E-state index is 12.8. The standard InChI is InChI=1S/C17H16Cl2FNOS/c18-15-2-1-3-16(19)14(15)11-23-9-8-21-17(22)10-12-4-6-13(20)7-5-12/h1-7H,8-11H2,(H,21,22). The Labute approximate surface area is 149 Å². The Balaban J connectivity index is 1.67. The van der Waals surface area contributed by atoms with Gasteiger partial charge >= 0.3 is 0 Å². The second-order valence-corrected chi connectivity index (χ2v) is 6.83. The minimum Gasteiger partial charge on any atom is -0.355 e. The lowest BCUT2D eigenvalue weighted by atomic mass is 10.1. The second kappa shape index (κ2) is 9.16. The van der Waals surface area contributed by atoms with Crippen molar-refractivity contribution in [1.29, 1.82) is 0 Å². The fraction of sp³-hybridized carbons (Fsp3) is 0.235. The molecule has 0 aliphatic rings. The van der Waals surface area contributed by atoms with Gasteiger partial charge in [-0.15, -0.1) is 0 Å². The highest BCUT2D eigenvalue weighted by Crippen LogP contribution is 2.27. The lowest BCUT2D eigenvalue weighted by molar-refractivity contribution is -0.120. The quantitative estimate of drug-likeness (QED) is 0.713. The molecule has 0 atom stereocenters. The van der Waals surface area contributed by atoms with Crippen LogP contribution in [0.15, 0.2) is 42.5 Å². The summed E-state index contributed by atoms with van der Waals surface area (Å²) in [4.78, 5) is 11.8. The van der Waals surface area contributed by atoms with Gasteiger partial charge in [0.05, 0.1) is 6.42 Å². The van der Waals surface area contributed by atoms with Crippen LogP contribution in [-0.4, -0.2) is 18.2 Å². The minimum atomic E-state index is -0.302. The number of hydrogen-bond donors (Lipinski definition) is 1. The van der Waals surface area contributed by atoms with E-state index in [-0.39, 0.29) is 18.1 Å². The van der Waals surface area contributed by atoms with Gasteiger partial charge in [0.2, 0.25) is 5.91 Å². The zero-order valence-electron chi connectivity index (χ0n) is 12.3. The zero-order valence-corrected chi connectivity index (χ0v) is 14.6. The maximum absolute atomic E-state index is 12.8. The van der Waals surface area contributed by atoms with Gasteiger partial charge < -0.3 is 5.32 Å². The molecule has 0 bridgehead atoms. The third kappa shape index (κ3) is 6.05. The third-order valence-corrected chi connectivity index (χ3v) is 4.85. The van der Waals surface area contributed by atoms with Gasteiger partial charge in [0.1, 0.15) is 5.82 Å². The van der Waals surface area contributed by atoms with Crippen LogP contribution < -0.4 is 5.32 Å². The first-order valence-corrected chi connectivity index (χ1v) is 8.99. The molecule has 1 N–H and O–H groups in total. The molecule has 0 saturated carbocycles. The summed E-state index contributed by atoms with van der Waals surface area (Å²) >= 11 is 13.9. The number of carbonyl (C=O) groups is 1. The van der Waals surface area contributed by atoms with Crippen LogP contribution in [0.1, 0.15) is 11.1 Å². The number of hydrogen-bond acceptors (Lipinski definition) is 2. The van der Waals surface area contributed by atoms with E-state index in [1.165, 1.54) is 12.1 Å². The number of amides is 1. The molecule has 23 heavy (non-hydrogen) atoms. The number of carbonyl (C=O) groups excluding carboxylic acids is 1.